The summed E-state index contributed by atoms with van der Waals surface area (Å²) in [5.41, 5.74) is 1.27. The van der Waals surface area contributed by atoms with E-state index in [1.54, 1.807) is 0 Å². The molecule has 0 aliphatic heterocycles. The fourth-order valence-corrected chi connectivity index (χ4v) is 4.75. The molecule has 1 nitrogen and oxygen atoms in total. The van der Waals surface area contributed by atoms with Crippen LogP contribution in [-0.2, 0) is 6.42 Å². The molecular weight excluding hydrogens is 322 g/mol. The number of hydrogen-bond acceptors (Lipinski definition) is 1. The summed E-state index contributed by atoms with van der Waals surface area (Å²) in [6.07, 6.45) is 6.82. The first-order valence-electron chi connectivity index (χ1n) is 7.32. The van der Waals surface area contributed by atoms with Crippen LogP contribution in [0, 0.1) is 17.8 Å². The zero-order valence-electron chi connectivity index (χ0n) is 11.3. The first-order valence-corrected chi connectivity index (χ1v) is 8.49. The van der Waals surface area contributed by atoms with E-state index < -0.39 is 0 Å². The SMILES string of the molecule is CNC(Cc1ccc(Br)cc1Cl)C1C2CCCCC21. The maximum Gasteiger partial charge on any atom is 0.0449 e. The molecule has 0 saturated heterocycles. The highest BCUT2D eigenvalue weighted by Crippen LogP contribution is 2.57. The van der Waals surface area contributed by atoms with E-state index in [9.17, 15) is 0 Å². The maximum absolute atomic E-state index is 6.35. The van der Waals surface area contributed by atoms with Gasteiger partial charge in [-0.25, -0.2) is 0 Å². The lowest BCUT2D eigenvalue weighted by molar-refractivity contribution is 0.460. The highest BCUT2D eigenvalue weighted by molar-refractivity contribution is 9.10. The van der Waals surface area contributed by atoms with E-state index >= 15 is 0 Å². The molecule has 2 aliphatic carbocycles. The summed E-state index contributed by atoms with van der Waals surface area (Å²) >= 11 is 9.82. The van der Waals surface area contributed by atoms with Gasteiger partial charge in [-0.3, -0.25) is 0 Å². The van der Waals surface area contributed by atoms with Crippen LogP contribution in [0.2, 0.25) is 5.02 Å². The summed E-state index contributed by atoms with van der Waals surface area (Å²) in [4.78, 5) is 0. The number of likely N-dealkylation sites (N-methyl/N-ethyl adjacent to an activating group) is 1. The van der Waals surface area contributed by atoms with Crippen molar-refractivity contribution in [2.24, 2.45) is 17.8 Å². The summed E-state index contributed by atoms with van der Waals surface area (Å²) in [5, 5.41) is 4.43. The van der Waals surface area contributed by atoms with Crippen molar-refractivity contribution in [3.63, 3.8) is 0 Å². The lowest BCUT2D eigenvalue weighted by Crippen LogP contribution is -2.31. The smallest absolute Gasteiger partial charge is 0.0449 e. The largest absolute Gasteiger partial charge is 0.316 e. The van der Waals surface area contributed by atoms with Crippen molar-refractivity contribution in [2.75, 3.05) is 7.05 Å². The van der Waals surface area contributed by atoms with Gasteiger partial charge in [0.25, 0.3) is 0 Å². The summed E-state index contributed by atoms with van der Waals surface area (Å²) in [7, 11) is 2.10. The van der Waals surface area contributed by atoms with Gasteiger partial charge in [-0.1, -0.05) is 46.4 Å². The van der Waals surface area contributed by atoms with E-state index in [1.165, 1.54) is 31.2 Å². The van der Waals surface area contributed by atoms with Crippen LogP contribution in [0.15, 0.2) is 22.7 Å². The van der Waals surface area contributed by atoms with Gasteiger partial charge in [0.2, 0.25) is 0 Å². The molecule has 0 radical (unpaired) electrons. The number of rotatable bonds is 4. The molecule has 2 aliphatic rings. The quantitative estimate of drug-likeness (QED) is 0.838. The number of benzene rings is 1. The van der Waals surface area contributed by atoms with E-state index in [2.05, 4.69) is 40.4 Å². The molecule has 104 valence electrons. The molecule has 0 spiro atoms. The molecule has 3 atom stereocenters. The Balaban J connectivity index is 1.70. The standard InChI is InChI=1S/C16H21BrClN/c1-19-15(16-12-4-2-3-5-13(12)16)8-10-6-7-11(17)9-14(10)18/h6-7,9,12-13,15-16,19H,2-5,8H2,1H3. The van der Waals surface area contributed by atoms with Crippen LogP contribution in [-0.4, -0.2) is 13.1 Å². The summed E-state index contributed by atoms with van der Waals surface area (Å²) in [6, 6.07) is 6.84. The average Bonchev–Trinajstić information content (AvgIpc) is 3.12. The lowest BCUT2D eigenvalue weighted by Gasteiger charge is -2.17. The van der Waals surface area contributed by atoms with Crippen LogP contribution >= 0.6 is 27.5 Å². The second kappa shape index (κ2) is 5.75. The second-order valence-corrected chi connectivity index (χ2v) is 7.35. The average molecular weight is 343 g/mol. The van der Waals surface area contributed by atoms with Crippen LogP contribution in [0.25, 0.3) is 0 Å². The molecule has 1 aromatic rings. The molecule has 3 heteroatoms. The Morgan fingerprint density at radius 3 is 2.58 bits per heavy atom. The predicted octanol–water partition coefficient (Wildman–Crippen LogP) is 4.67. The third-order valence-corrected chi connectivity index (χ3v) is 5.86. The zero-order valence-corrected chi connectivity index (χ0v) is 13.7. The van der Waals surface area contributed by atoms with Gasteiger partial charge in [-0.05, 0) is 61.8 Å². The molecule has 2 fully saturated rings. The number of nitrogens with one attached hydrogen (secondary N) is 1. The maximum atomic E-state index is 6.35. The molecular formula is C16H21BrClN. The van der Waals surface area contributed by atoms with Gasteiger partial charge in [0.15, 0.2) is 0 Å². The van der Waals surface area contributed by atoms with Gasteiger partial charge in [0.1, 0.15) is 0 Å². The monoisotopic (exact) mass is 341 g/mol. The summed E-state index contributed by atoms with van der Waals surface area (Å²) in [5.74, 6) is 2.85. The Hall–Kier alpha value is -0.0500. The fourth-order valence-electron chi connectivity index (χ4n) is 4.00. The highest BCUT2D eigenvalue weighted by atomic mass is 79.9. The van der Waals surface area contributed by atoms with E-state index in [-0.39, 0.29) is 0 Å². The van der Waals surface area contributed by atoms with Crippen LogP contribution in [0.5, 0.6) is 0 Å². The number of fused-ring (bicyclic) bond motifs is 1. The number of halogens is 2. The van der Waals surface area contributed by atoms with Crippen LogP contribution in [0.1, 0.15) is 31.2 Å². The van der Waals surface area contributed by atoms with Crippen molar-refractivity contribution in [2.45, 2.75) is 38.1 Å². The van der Waals surface area contributed by atoms with Gasteiger partial charge in [0.05, 0.1) is 0 Å². The Bertz CT molecular complexity index is 450. The van der Waals surface area contributed by atoms with Crippen LogP contribution in [0.4, 0.5) is 0 Å². The van der Waals surface area contributed by atoms with Gasteiger partial charge in [-0.15, -0.1) is 0 Å². The first-order chi connectivity index (χ1) is 9.20. The molecule has 0 bridgehead atoms. The Kier molecular flexibility index (Phi) is 4.21. The predicted molar refractivity (Wildman–Crippen MR) is 84.6 cm³/mol. The minimum Gasteiger partial charge on any atom is -0.316 e. The molecule has 2 saturated carbocycles. The Morgan fingerprint density at radius 2 is 2.00 bits per heavy atom. The molecule has 0 aromatic heterocycles. The van der Waals surface area contributed by atoms with E-state index in [0.717, 1.165) is 33.7 Å². The van der Waals surface area contributed by atoms with Crippen molar-refractivity contribution in [3.05, 3.63) is 33.3 Å². The molecule has 19 heavy (non-hydrogen) atoms. The Morgan fingerprint density at radius 1 is 1.32 bits per heavy atom. The van der Waals surface area contributed by atoms with Gasteiger partial charge >= 0.3 is 0 Å². The van der Waals surface area contributed by atoms with Gasteiger partial charge < -0.3 is 5.32 Å². The topological polar surface area (TPSA) is 12.0 Å². The number of hydrogen-bond donors (Lipinski definition) is 1. The summed E-state index contributed by atoms with van der Waals surface area (Å²) < 4.78 is 1.06. The molecule has 3 unspecified atom stereocenters. The molecule has 1 N–H and O–H groups in total. The second-order valence-electron chi connectivity index (χ2n) is 6.02. The third kappa shape index (κ3) is 2.86. The van der Waals surface area contributed by atoms with E-state index in [1.807, 2.05) is 6.07 Å². The Labute approximate surface area is 129 Å². The van der Waals surface area contributed by atoms with Crippen LogP contribution < -0.4 is 5.32 Å². The van der Waals surface area contributed by atoms with Gasteiger partial charge in [0, 0.05) is 15.5 Å². The third-order valence-electron chi connectivity index (χ3n) is 5.01. The van der Waals surface area contributed by atoms with Crippen molar-refractivity contribution in [1.82, 2.24) is 5.32 Å². The lowest BCUT2D eigenvalue weighted by atomic mass is 10.00. The normalized spacial score (nSPS) is 30.8. The highest BCUT2D eigenvalue weighted by Gasteiger charge is 2.53. The van der Waals surface area contributed by atoms with Crippen LogP contribution in [0.3, 0.4) is 0 Å². The molecule has 0 amide bonds. The van der Waals surface area contributed by atoms with Crippen molar-refractivity contribution in [1.29, 1.82) is 0 Å². The minimum absolute atomic E-state index is 0.590. The molecule has 0 heterocycles. The van der Waals surface area contributed by atoms with E-state index in [0.29, 0.717) is 6.04 Å². The molecule has 3 rings (SSSR count). The van der Waals surface area contributed by atoms with E-state index in [4.69, 9.17) is 11.6 Å². The fraction of sp³-hybridized carbons (Fsp3) is 0.625. The summed E-state index contributed by atoms with van der Waals surface area (Å²) in [6.45, 7) is 0. The zero-order chi connectivity index (χ0) is 13.4. The minimum atomic E-state index is 0.590. The van der Waals surface area contributed by atoms with Crippen molar-refractivity contribution >= 4 is 27.5 Å². The first kappa shape index (κ1) is 13.9. The molecule has 1 aromatic carbocycles. The van der Waals surface area contributed by atoms with Gasteiger partial charge in [-0.2, -0.15) is 0 Å². The van der Waals surface area contributed by atoms with Crippen molar-refractivity contribution < 1.29 is 0 Å². The van der Waals surface area contributed by atoms with Crippen molar-refractivity contribution in [3.8, 4) is 0 Å².